The van der Waals surface area contributed by atoms with Crippen LogP contribution in [0.4, 0.5) is 5.82 Å². The van der Waals surface area contributed by atoms with Gasteiger partial charge in [0.2, 0.25) is 5.91 Å². The summed E-state index contributed by atoms with van der Waals surface area (Å²) < 4.78 is 1.70. The number of nitrogens with one attached hydrogen (secondary N) is 2. The van der Waals surface area contributed by atoms with E-state index in [0.29, 0.717) is 17.8 Å². The molecule has 2 unspecified atom stereocenters. The summed E-state index contributed by atoms with van der Waals surface area (Å²) in [6.07, 6.45) is 5.02. The SMILES string of the molecule is CCSC1CCCCC1NCC(=O)Nc1cc(C)nn1C. The Morgan fingerprint density at radius 2 is 2.24 bits per heavy atom. The first-order chi connectivity index (χ1) is 10.1. The van der Waals surface area contributed by atoms with Crippen molar-refractivity contribution in [2.75, 3.05) is 17.6 Å². The van der Waals surface area contributed by atoms with Gasteiger partial charge in [0.05, 0.1) is 12.2 Å². The van der Waals surface area contributed by atoms with Crippen LogP contribution in [-0.2, 0) is 11.8 Å². The molecular weight excluding hydrogens is 284 g/mol. The van der Waals surface area contributed by atoms with Crippen LogP contribution in [0, 0.1) is 6.92 Å². The van der Waals surface area contributed by atoms with Crippen molar-refractivity contribution < 1.29 is 4.79 Å². The Bertz CT molecular complexity index is 472. The molecule has 118 valence electrons. The van der Waals surface area contributed by atoms with Crippen LogP contribution < -0.4 is 10.6 Å². The highest BCUT2D eigenvalue weighted by atomic mass is 32.2. The largest absolute Gasteiger partial charge is 0.310 e. The van der Waals surface area contributed by atoms with Gasteiger partial charge in [-0.1, -0.05) is 19.8 Å². The number of thioether (sulfide) groups is 1. The van der Waals surface area contributed by atoms with E-state index in [9.17, 15) is 4.79 Å². The van der Waals surface area contributed by atoms with Crippen LogP contribution in [0.3, 0.4) is 0 Å². The number of aryl methyl sites for hydroxylation is 2. The molecule has 0 saturated heterocycles. The molecule has 5 nitrogen and oxygen atoms in total. The van der Waals surface area contributed by atoms with Gasteiger partial charge in [0.25, 0.3) is 0 Å². The number of aromatic nitrogens is 2. The second-order valence-corrected chi connectivity index (χ2v) is 7.12. The molecule has 2 atom stereocenters. The van der Waals surface area contributed by atoms with Crippen molar-refractivity contribution in [2.24, 2.45) is 7.05 Å². The Hall–Kier alpha value is -1.01. The van der Waals surface area contributed by atoms with Gasteiger partial charge in [0.1, 0.15) is 5.82 Å². The number of hydrogen-bond acceptors (Lipinski definition) is 4. The maximum absolute atomic E-state index is 12.1. The van der Waals surface area contributed by atoms with Crippen LogP contribution in [0.2, 0.25) is 0 Å². The third kappa shape index (κ3) is 4.74. The van der Waals surface area contributed by atoms with Gasteiger partial charge in [-0.05, 0) is 25.5 Å². The van der Waals surface area contributed by atoms with Crippen molar-refractivity contribution in [1.29, 1.82) is 0 Å². The van der Waals surface area contributed by atoms with Gasteiger partial charge in [0, 0.05) is 24.4 Å². The van der Waals surface area contributed by atoms with E-state index >= 15 is 0 Å². The molecule has 1 aliphatic carbocycles. The highest BCUT2D eigenvalue weighted by molar-refractivity contribution is 7.99. The molecule has 2 N–H and O–H groups in total. The summed E-state index contributed by atoms with van der Waals surface area (Å²) in [6.45, 7) is 4.49. The highest BCUT2D eigenvalue weighted by Crippen LogP contribution is 2.28. The Kier molecular flexibility index (Phi) is 6.11. The molecule has 1 aromatic rings. The number of anilines is 1. The fourth-order valence-electron chi connectivity index (χ4n) is 2.88. The fraction of sp³-hybridized carbons (Fsp3) is 0.733. The first kappa shape index (κ1) is 16.4. The maximum Gasteiger partial charge on any atom is 0.239 e. The summed E-state index contributed by atoms with van der Waals surface area (Å²) in [5.41, 5.74) is 0.910. The second-order valence-electron chi connectivity index (χ2n) is 5.61. The zero-order valence-corrected chi connectivity index (χ0v) is 14.0. The molecule has 1 aromatic heterocycles. The first-order valence-electron chi connectivity index (χ1n) is 7.75. The Balaban J connectivity index is 1.81. The molecular formula is C15H26N4OS. The third-order valence-corrected chi connectivity index (χ3v) is 5.20. The second kappa shape index (κ2) is 7.84. The van der Waals surface area contributed by atoms with Crippen molar-refractivity contribution in [3.8, 4) is 0 Å². The zero-order chi connectivity index (χ0) is 15.2. The molecule has 1 heterocycles. The third-order valence-electron chi connectivity index (χ3n) is 3.88. The number of nitrogens with zero attached hydrogens (tertiary/aromatic N) is 2. The number of amides is 1. The summed E-state index contributed by atoms with van der Waals surface area (Å²) in [7, 11) is 1.84. The lowest BCUT2D eigenvalue weighted by Crippen LogP contribution is -2.44. The average Bonchev–Trinajstić information content (AvgIpc) is 2.76. The topological polar surface area (TPSA) is 59.0 Å². The summed E-state index contributed by atoms with van der Waals surface area (Å²) in [4.78, 5) is 12.1. The van der Waals surface area contributed by atoms with Crippen molar-refractivity contribution in [1.82, 2.24) is 15.1 Å². The zero-order valence-electron chi connectivity index (χ0n) is 13.2. The van der Waals surface area contributed by atoms with E-state index in [0.717, 1.165) is 17.3 Å². The number of hydrogen-bond donors (Lipinski definition) is 2. The van der Waals surface area contributed by atoms with Crippen molar-refractivity contribution >= 4 is 23.5 Å². The molecule has 1 aliphatic rings. The number of carbonyl (C=O) groups excluding carboxylic acids is 1. The quantitative estimate of drug-likeness (QED) is 0.846. The minimum atomic E-state index is 0.00354. The van der Waals surface area contributed by atoms with Gasteiger partial charge < -0.3 is 10.6 Å². The normalized spacial score (nSPS) is 22.2. The summed E-state index contributed by atoms with van der Waals surface area (Å²) in [5.74, 6) is 1.90. The molecule has 0 spiro atoms. The monoisotopic (exact) mass is 310 g/mol. The van der Waals surface area contributed by atoms with E-state index in [1.807, 2.05) is 31.8 Å². The molecule has 6 heteroatoms. The van der Waals surface area contributed by atoms with Crippen LogP contribution in [-0.4, -0.2) is 39.3 Å². The Morgan fingerprint density at radius 3 is 2.90 bits per heavy atom. The molecule has 2 rings (SSSR count). The molecule has 0 bridgehead atoms. The first-order valence-corrected chi connectivity index (χ1v) is 8.80. The van der Waals surface area contributed by atoms with Gasteiger partial charge in [-0.25, -0.2) is 0 Å². The fourth-order valence-corrected chi connectivity index (χ4v) is 4.11. The van der Waals surface area contributed by atoms with Gasteiger partial charge >= 0.3 is 0 Å². The molecule has 0 aliphatic heterocycles. The minimum Gasteiger partial charge on any atom is -0.310 e. The van der Waals surface area contributed by atoms with E-state index in [1.165, 1.54) is 25.7 Å². The van der Waals surface area contributed by atoms with Crippen LogP contribution in [0.1, 0.15) is 38.3 Å². The minimum absolute atomic E-state index is 0.00354. The van der Waals surface area contributed by atoms with E-state index in [1.54, 1.807) is 4.68 Å². The van der Waals surface area contributed by atoms with Crippen LogP contribution >= 0.6 is 11.8 Å². The molecule has 1 fully saturated rings. The van der Waals surface area contributed by atoms with Gasteiger partial charge in [-0.3, -0.25) is 9.48 Å². The number of carbonyl (C=O) groups is 1. The van der Waals surface area contributed by atoms with Gasteiger partial charge in [-0.15, -0.1) is 0 Å². The molecule has 0 radical (unpaired) electrons. The smallest absolute Gasteiger partial charge is 0.239 e. The standard InChI is InChI=1S/C15H26N4OS/c1-4-21-13-8-6-5-7-12(13)16-10-15(20)17-14-9-11(2)18-19(14)3/h9,12-13,16H,4-8,10H2,1-3H3,(H,17,20). The van der Waals surface area contributed by atoms with Gasteiger partial charge in [-0.2, -0.15) is 16.9 Å². The van der Waals surface area contributed by atoms with Gasteiger partial charge in [0.15, 0.2) is 0 Å². The molecule has 0 aromatic carbocycles. The molecule has 21 heavy (non-hydrogen) atoms. The van der Waals surface area contributed by atoms with Crippen LogP contribution in [0.5, 0.6) is 0 Å². The lowest BCUT2D eigenvalue weighted by Gasteiger charge is -2.31. The van der Waals surface area contributed by atoms with Crippen LogP contribution in [0.15, 0.2) is 6.07 Å². The van der Waals surface area contributed by atoms with E-state index < -0.39 is 0 Å². The average molecular weight is 310 g/mol. The maximum atomic E-state index is 12.1. The lowest BCUT2D eigenvalue weighted by atomic mass is 9.95. The van der Waals surface area contributed by atoms with Crippen molar-refractivity contribution in [3.05, 3.63) is 11.8 Å². The molecule has 1 amide bonds. The Labute approximate surface area is 131 Å². The van der Waals surface area contributed by atoms with Crippen molar-refractivity contribution in [3.63, 3.8) is 0 Å². The summed E-state index contributed by atoms with van der Waals surface area (Å²) in [5, 5.41) is 11.2. The van der Waals surface area contributed by atoms with Crippen LogP contribution in [0.25, 0.3) is 0 Å². The lowest BCUT2D eigenvalue weighted by molar-refractivity contribution is -0.115. The predicted octanol–water partition coefficient (Wildman–Crippen LogP) is 2.32. The van der Waals surface area contributed by atoms with E-state index in [2.05, 4.69) is 22.7 Å². The number of rotatable bonds is 6. The Morgan fingerprint density at radius 1 is 1.48 bits per heavy atom. The summed E-state index contributed by atoms with van der Waals surface area (Å²) in [6, 6.07) is 2.34. The van der Waals surface area contributed by atoms with Crippen molar-refractivity contribution in [2.45, 2.75) is 50.8 Å². The predicted molar refractivity (Wildman–Crippen MR) is 88.8 cm³/mol. The van der Waals surface area contributed by atoms with E-state index in [4.69, 9.17) is 0 Å². The summed E-state index contributed by atoms with van der Waals surface area (Å²) >= 11 is 2.01. The highest BCUT2D eigenvalue weighted by Gasteiger charge is 2.25. The van der Waals surface area contributed by atoms with E-state index in [-0.39, 0.29) is 5.91 Å². The molecule has 1 saturated carbocycles.